The second kappa shape index (κ2) is 31.3. The van der Waals surface area contributed by atoms with E-state index in [1.54, 1.807) is 12.4 Å². The molecule has 7 aromatic rings. The molecular weight excluding hydrogens is 1140 g/mol. The molecule has 7 aromatic carbocycles. The third-order valence-corrected chi connectivity index (χ3v) is 12.8. The van der Waals surface area contributed by atoms with E-state index >= 15 is 0 Å². The second-order valence-electron chi connectivity index (χ2n) is 11.7. The molecule has 0 fully saturated rings. The zero-order chi connectivity index (χ0) is 43.2. The maximum atomic E-state index is 5.16. The van der Waals surface area contributed by atoms with Crippen LogP contribution in [0.2, 0.25) is 0 Å². The van der Waals surface area contributed by atoms with E-state index in [0.717, 1.165) is 11.1 Å². The van der Waals surface area contributed by atoms with Crippen molar-refractivity contribution >= 4 is 123 Å². The van der Waals surface area contributed by atoms with Gasteiger partial charge in [0.25, 0.3) is 0 Å². The Morgan fingerprint density at radius 3 is 0.717 bits per heavy atom. The van der Waals surface area contributed by atoms with Crippen molar-refractivity contribution in [3.63, 3.8) is 0 Å². The molecule has 0 saturated carbocycles. The SMILES string of the molecule is N/C([S-])=N/N=C\c1ccc(/C=N\N=C(\N)[S-])cc1.[Br][Pd+].[Br][Pd+].c1ccc(P(c2ccccc2)c2ccccc2)cc1.c1ccc(P(c2ccccc2)c2ccccc2)cc1. The average molecular weight is 1180 g/mol. The first-order valence-electron chi connectivity index (χ1n) is 17.8. The molecule has 0 aliphatic rings. The summed E-state index contributed by atoms with van der Waals surface area (Å²) in [6, 6.07) is 72.0. The van der Waals surface area contributed by atoms with Crippen LogP contribution in [0.25, 0.3) is 0 Å². The van der Waals surface area contributed by atoms with Gasteiger partial charge in [-0.05, 0) is 69.1 Å². The summed E-state index contributed by atoms with van der Waals surface area (Å²) in [5.74, 6) is 0. The van der Waals surface area contributed by atoms with E-state index in [9.17, 15) is 0 Å². The minimum absolute atomic E-state index is 0.00521. The molecule has 4 N–H and O–H groups in total. The number of nitrogens with zero attached hydrogens (tertiary/aromatic N) is 4. The van der Waals surface area contributed by atoms with Crippen LogP contribution >= 0.6 is 42.7 Å². The Morgan fingerprint density at radius 2 is 0.550 bits per heavy atom. The van der Waals surface area contributed by atoms with Crippen LogP contribution in [-0.2, 0) is 59.6 Å². The molecule has 0 spiro atoms. The van der Waals surface area contributed by atoms with Crippen LogP contribution in [0, 0.1) is 0 Å². The number of halogens is 2. The molecular formula is C46H40Br2N6P2Pd2S2. The van der Waals surface area contributed by atoms with Gasteiger partial charge in [0.05, 0.1) is 12.4 Å². The standard InChI is InChI=1S/2C18H15P.C10H12N6S2.2BrH.2Pd/c2*1-4-10-16(11-5-1)19(17-12-6-2-7-13-17)18-14-8-3-9-15-18;11-9(17)15-13-5-7-1-2-8(4-3-7)6-14-16-10(12)18;;;;/h2*1-15H;1-6H,(H3,11,15,17)(H3,12,16,18);2*1H;;/q;;;;;2*+2/p-4/b;;13-5-,14-6-;;;;. The molecule has 0 radical (unpaired) electrons. The van der Waals surface area contributed by atoms with Crippen LogP contribution in [0.5, 0.6) is 0 Å². The molecule has 0 amide bonds. The van der Waals surface area contributed by atoms with Crippen molar-refractivity contribution in [2.75, 3.05) is 0 Å². The molecule has 14 heteroatoms. The van der Waals surface area contributed by atoms with Crippen LogP contribution in [0.1, 0.15) is 11.1 Å². The number of hydrogen-bond acceptors (Lipinski definition) is 6. The fourth-order valence-electron chi connectivity index (χ4n) is 5.33. The Morgan fingerprint density at radius 1 is 0.367 bits per heavy atom. The molecule has 0 aliphatic heterocycles. The number of benzene rings is 7. The Labute approximate surface area is 402 Å². The monoisotopic (exact) mass is 1170 g/mol. The van der Waals surface area contributed by atoms with E-state index in [1.807, 2.05) is 24.3 Å². The molecule has 6 nitrogen and oxygen atoms in total. The van der Waals surface area contributed by atoms with E-state index in [1.165, 1.54) is 31.8 Å². The van der Waals surface area contributed by atoms with Crippen LogP contribution in [-0.4, -0.2) is 22.8 Å². The van der Waals surface area contributed by atoms with Crippen molar-refractivity contribution in [3.8, 4) is 0 Å². The molecule has 310 valence electrons. The van der Waals surface area contributed by atoms with Crippen LogP contribution in [0.3, 0.4) is 0 Å². The zero-order valence-electron chi connectivity index (χ0n) is 31.8. The van der Waals surface area contributed by atoms with E-state index in [0.29, 0.717) is 0 Å². The van der Waals surface area contributed by atoms with Gasteiger partial charge in [0.1, 0.15) is 0 Å². The maximum absolute atomic E-state index is 5.16. The first-order valence-corrected chi connectivity index (χ1v) is 28.4. The predicted octanol–water partition coefficient (Wildman–Crippen LogP) is 8.65. The van der Waals surface area contributed by atoms with E-state index in [2.05, 4.69) is 289 Å². The van der Waals surface area contributed by atoms with Crippen LogP contribution < -0.4 is 43.3 Å². The van der Waals surface area contributed by atoms with Crippen LogP contribution in [0.4, 0.5) is 0 Å². The molecule has 0 unspecified atom stereocenters. The Balaban J connectivity index is 0.000000231. The number of hydrogen-bond donors (Lipinski definition) is 2. The van der Waals surface area contributed by atoms with Gasteiger partial charge in [-0.15, -0.1) is 0 Å². The van der Waals surface area contributed by atoms with Gasteiger partial charge in [-0.1, -0.05) is 206 Å². The van der Waals surface area contributed by atoms with Gasteiger partial charge < -0.3 is 36.7 Å². The summed E-state index contributed by atoms with van der Waals surface area (Å²) in [5, 5.41) is 22.8. The molecule has 0 heterocycles. The minimum Gasteiger partial charge on any atom is -0.0622 e. The van der Waals surface area contributed by atoms with Gasteiger partial charge in [0.2, 0.25) is 0 Å². The first-order chi connectivity index (χ1) is 29.5. The smallest absolute Gasteiger partial charge is 0.0134 e. The van der Waals surface area contributed by atoms with Gasteiger partial charge >= 0.3 is 61.2 Å². The van der Waals surface area contributed by atoms with Gasteiger partial charge in [0, 0.05) is 0 Å². The van der Waals surface area contributed by atoms with E-state index in [4.69, 9.17) is 11.5 Å². The van der Waals surface area contributed by atoms with Crippen molar-refractivity contribution in [1.29, 1.82) is 0 Å². The fraction of sp³-hybridized carbons (Fsp3) is 0. The maximum Gasteiger partial charge on any atom is -0.0134 e. The average Bonchev–Trinajstić information content (AvgIpc) is 3.31. The van der Waals surface area contributed by atoms with Gasteiger partial charge in [-0.25, -0.2) is 0 Å². The molecule has 7 rings (SSSR count). The second-order valence-corrected chi connectivity index (χ2v) is 17.0. The van der Waals surface area contributed by atoms with Crippen LogP contribution in [0.15, 0.2) is 227 Å². The largest absolute Gasteiger partial charge is 0.0622 e. The molecule has 0 bridgehead atoms. The summed E-state index contributed by atoms with van der Waals surface area (Å²) in [5.41, 5.74) is 12.0. The zero-order valence-corrected chi connectivity index (χ0v) is 41.5. The Bertz CT molecular complexity index is 1940. The number of rotatable bonds is 10. The third-order valence-electron chi connectivity index (χ3n) is 7.75. The summed E-state index contributed by atoms with van der Waals surface area (Å²) in [4.78, 5) is 0. The summed E-state index contributed by atoms with van der Waals surface area (Å²) in [6.45, 7) is 0. The normalized spacial score (nSPS) is 11.0. The molecule has 0 aromatic heterocycles. The van der Waals surface area contributed by atoms with Crippen molar-refractivity contribution in [2.45, 2.75) is 0 Å². The van der Waals surface area contributed by atoms with E-state index < -0.39 is 15.8 Å². The minimum atomic E-state index is -0.446. The summed E-state index contributed by atoms with van der Waals surface area (Å²) in [6.07, 6.45) is 3.08. The Hall–Kier alpha value is -3.60. The van der Waals surface area contributed by atoms with Crippen molar-refractivity contribution in [1.82, 2.24) is 0 Å². The third kappa shape index (κ3) is 19.0. The van der Waals surface area contributed by atoms with Gasteiger partial charge in [0.15, 0.2) is 0 Å². The van der Waals surface area contributed by atoms with E-state index in [-0.39, 0.29) is 10.3 Å². The van der Waals surface area contributed by atoms with Crippen molar-refractivity contribution in [2.24, 2.45) is 31.9 Å². The topological polar surface area (TPSA) is 101 Å². The molecule has 0 atom stereocenters. The fourth-order valence-corrected chi connectivity index (χ4v) is 10.0. The van der Waals surface area contributed by atoms with Crippen molar-refractivity contribution in [3.05, 3.63) is 217 Å². The number of nitrogens with two attached hydrogens (primary N) is 2. The predicted molar refractivity (Wildman–Crippen MR) is 268 cm³/mol. The van der Waals surface area contributed by atoms with Crippen molar-refractivity contribution < 1.29 is 34.4 Å². The summed E-state index contributed by atoms with van der Waals surface area (Å²) >= 11 is 19.8. The Kier molecular flexibility index (Phi) is 26.5. The van der Waals surface area contributed by atoms with Gasteiger partial charge in [-0.2, -0.15) is 20.4 Å². The molecule has 60 heavy (non-hydrogen) atoms. The van der Waals surface area contributed by atoms with Gasteiger partial charge in [-0.3, -0.25) is 0 Å². The molecule has 0 saturated heterocycles. The number of amidine groups is 2. The first kappa shape index (κ1) is 50.8. The summed E-state index contributed by atoms with van der Waals surface area (Å²) < 4.78 is 0. The summed E-state index contributed by atoms with van der Waals surface area (Å²) in [7, 11) is -0.892. The molecule has 0 aliphatic carbocycles. The quantitative estimate of drug-likeness (QED) is 0.0358.